The van der Waals surface area contributed by atoms with Gasteiger partial charge in [0, 0.05) is 25.0 Å². The number of ether oxygens (including phenoxy) is 1. The van der Waals surface area contributed by atoms with Gasteiger partial charge in [0.2, 0.25) is 0 Å². The van der Waals surface area contributed by atoms with Crippen LogP contribution in [0, 0.1) is 0 Å². The summed E-state index contributed by atoms with van der Waals surface area (Å²) in [6.45, 7) is 2.15. The maximum atomic E-state index is 11.4. The molecule has 0 aliphatic heterocycles. The molecule has 0 atom stereocenters. The Bertz CT molecular complexity index is 433. The molecule has 1 aromatic carbocycles. The summed E-state index contributed by atoms with van der Waals surface area (Å²) >= 11 is 0. The fourth-order valence-electron chi connectivity index (χ4n) is 1.37. The summed E-state index contributed by atoms with van der Waals surface area (Å²) in [5.41, 5.74) is 7.74. The van der Waals surface area contributed by atoms with Gasteiger partial charge in [-0.25, -0.2) is 4.79 Å². The van der Waals surface area contributed by atoms with Crippen LogP contribution in [-0.4, -0.2) is 25.8 Å². The first-order chi connectivity index (χ1) is 8.22. The molecule has 0 unspecified atom stereocenters. The van der Waals surface area contributed by atoms with Gasteiger partial charge in [0.15, 0.2) is 0 Å². The van der Waals surface area contributed by atoms with Crippen LogP contribution < -0.4 is 5.73 Å². The highest BCUT2D eigenvalue weighted by Gasteiger charge is 2.06. The molecule has 0 fully saturated rings. The van der Waals surface area contributed by atoms with E-state index in [1.165, 1.54) is 6.20 Å². The number of hydrogen-bond acceptors (Lipinski definition) is 4. The van der Waals surface area contributed by atoms with Crippen LogP contribution in [0.2, 0.25) is 0 Å². The molecule has 0 amide bonds. The minimum atomic E-state index is -0.318. The van der Waals surface area contributed by atoms with Crippen LogP contribution in [-0.2, 0) is 4.74 Å². The van der Waals surface area contributed by atoms with Crippen molar-refractivity contribution >= 4 is 17.8 Å². The normalized spacial score (nSPS) is 11.8. The summed E-state index contributed by atoms with van der Waals surface area (Å²) in [5.74, 6) is -0.318. The summed E-state index contributed by atoms with van der Waals surface area (Å²) < 4.78 is 4.90. The summed E-state index contributed by atoms with van der Waals surface area (Å²) in [5, 5.41) is 0. The number of aliphatic imine (C=N–C) groups is 1. The van der Waals surface area contributed by atoms with Gasteiger partial charge in [0.05, 0.1) is 12.2 Å². The molecule has 0 bridgehead atoms. The third-order valence-corrected chi connectivity index (χ3v) is 2.18. The van der Waals surface area contributed by atoms with E-state index in [0.717, 1.165) is 11.1 Å². The number of allylic oxidation sites excluding steroid dienone is 1. The van der Waals surface area contributed by atoms with Gasteiger partial charge < -0.3 is 10.5 Å². The molecule has 1 rings (SSSR count). The maximum Gasteiger partial charge on any atom is 0.338 e. The summed E-state index contributed by atoms with van der Waals surface area (Å²) in [7, 11) is 1.68. The van der Waals surface area contributed by atoms with E-state index in [4.69, 9.17) is 10.5 Å². The first kappa shape index (κ1) is 13.0. The summed E-state index contributed by atoms with van der Waals surface area (Å²) in [6.07, 6.45) is 3.14. The number of nitrogens with two attached hydrogens (primary N) is 1. The smallest absolute Gasteiger partial charge is 0.338 e. The van der Waals surface area contributed by atoms with E-state index in [9.17, 15) is 4.79 Å². The maximum absolute atomic E-state index is 11.4. The van der Waals surface area contributed by atoms with Crippen LogP contribution in [0.15, 0.2) is 35.5 Å². The van der Waals surface area contributed by atoms with E-state index in [-0.39, 0.29) is 5.97 Å². The minimum Gasteiger partial charge on any atom is -0.462 e. The van der Waals surface area contributed by atoms with Gasteiger partial charge in [-0.1, -0.05) is 12.1 Å². The second kappa shape index (κ2) is 6.48. The molecule has 4 nitrogen and oxygen atoms in total. The molecule has 0 aromatic heterocycles. The van der Waals surface area contributed by atoms with Crippen molar-refractivity contribution in [2.24, 2.45) is 10.7 Å². The van der Waals surface area contributed by atoms with E-state index >= 15 is 0 Å². The SMILES string of the molecule is CCOC(=O)c1ccc(C(C=NC)=CN)cc1. The average molecular weight is 232 g/mol. The fourth-order valence-corrected chi connectivity index (χ4v) is 1.37. The molecule has 17 heavy (non-hydrogen) atoms. The van der Waals surface area contributed by atoms with Crippen LogP contribution in [0.3, 0.4) is 0 Å². The number of carbonyl (C=O) groups excluding carboxylic acids is 1. The highest BCUT2D eigenvalue weighted by atomic mass is 16.5. The molecule has 0 heterocycles. The molecule has 0 saturated carbocycles. The monoisotopic (exact) mass is 232 g/mol. The molecule has 1 aromatic rings. The number of benzene rings is 1. The van der Waals surface area contributed by atoms with Crippen molar-refractivity contribution in [3.05, 3.63) is 41.6 Å². The Balaban J connectivity index is 2.91. The number of nitrogens with zero attached hydrogens (tertiary/aromatic N) is 1. The third-order valence-electron chi connectivity index (χ3n) is 2.18. The van der Waals surface area contributed by atoms with Gasteiger partial charge in [-0.15, -0.1) is 0 Å². The zero-order valence-corrected chi connectivity index (χ0v) is 10.0. The lowest BCUT2D eigenvalue weighted by atomic mass is 10.1. The van der Waals surface area contributed by atoms with Crippen LogP contribution in [0.5, 0.6) is 0 Å². The van der Waals surface area contributed by atoms with Crippen LogP contribution in [0.4, 0.5) is 0 Å². The molecule has 90 valence electrons. The number of carbonyl (C=O) groups is 1. The van der Waals surface area contributed by atoms with E-state index < -0.39 is 0 Å². The quantitative estimate of drug-likeness (QED) is 0.636. The second-order valence-corrected chi connectivity index (χ2v) is 3.31. The number of hydrogen-bond donors (Lipinski definition) is 1. The number of esters is 1. The van der Waals surface area contributed by atoms with Gasteiger partial charge in [-0.2, -0.15) is 0 Å². The highest BCUT2D eigenvalue weighted by Crippen LogP contribution is 2.13. The molecule has 0 spiro atoms. The Morgan fingerprint density at radius 1 is 1.35 bits per heavy atom. The van der Waals surface area contributed by atoms with Gasteiger partial charge >= 0.3 is 5.97 Å². The zero-order chi connectivity index (χ0) is 12.7. The van der Waals surface area contributed by atoms with Gasteiger partial charge in [-0.3, -0.25) is 4.99 Å². The Morgan fingerprint density at radius 3 is 2.41 bits per heavy atom. The van der Waals surface area contributed by atoms with Crippen molar-refractivity contribution in [3.8, 4) is 0 Å². The Morgan fingerprint density at radius 2 is 1.94 bits per heavy atom. The molecule has 0 saturated heterocycles. The lowest BCUT2D eigenvalue weighted by molar-refractivity contribution is 0.0526. The Hall–Kier alpha value is -2.10. The van der Waals surface area contributed by atoms with Crippen LogP contribution in [0.1, 0.15) is 22.8 Å². The van der Waals surface area contributed by atoms with Gasteiger partial charge in [-0.05, 0) is 24.6 Å². The largest absolute Gasteiger partial charge is 0.462 e. The van der Waals surface area contributed by atoms with Gasteiger partial charge in [0.25, 0.3) is 0 Å². The highest BCUT2D eigenvalue weighted by molar-refractivity contribution is 6.09. The first-order valence-corrected chi connectivity index (χ1v) is 5.34. The summed E-state index contributed by atoms with van der Waals surface area (Å²) in [6, 6.07) is 7.04. The van der Waals surface area contributed by atoms with Gasteiger partial charge in [0.1, 0.15) is 0 Å². The molecule has 0 radical (unpaired) electrons. The van der Waals surface area contributed by atoms with E-state index in [1.807, 2.05) is 12.1 Å². The first-order valence-electron chi connectivity index (χ1n) is 5.34. The van der Waals surface area contributed by atoms with Crippen molar-refractivity contribution in [2.45, 2.75) is 6.92 Å². The van der Waals surface area contributed by atoms with Crippen molar-refractivity contribution in [2.75, 3.05) is 13.7 Å². The zero-order valence-electron chi connectivity index (χ0n) is 10.0. The molecule has 0 aliphatic carbocycles. The second-order valence-electron chi connectivity index (χ2n) is 3.31. The topological polar surface area (TPSA) is 64.7 Å². The average Bonchev–Trinajstić information content (AvgIpc) is 2.36. The Labute approximate surface area is 101 Å². The Kier molecular flexibility index (Phi) is 4.94. The van der Waals surface area contributed by atoms with Crippen LogP contribution >= 0.6 is 0 Å². The van der Waals surface area contributed by atoms with Crippen molar-refractivity contribution in [3.63, 3.8) is 0 Å². The molecule has 2 N–H and O–H groups in total. The van der Waals surface area contributed by atoms with Crippen LogP contribution in [0.25, 0.3) is 5.57 Å². The van der Waals surface area contributed by atoms with Crippen molar-refractivity contribution in [1.29, 1.82) is 0 Å². The predicted molar refractivity (Wildman–Crippen MR) is 69.0 cm³/mol. The number of rotatable bonds is 4. The van der Waals surface area contributed by atoms with Crippen molar-refractivity contribution < 1.29 is 9.53 Å². The lowest BCUT2D eigenvalue weighted by Crippen LogP contribution is -2.04. The standard InChI is InChI=1S/C13H16N2O2/c1-3-17-13(16)11-6-4-10(5-7-11)12(8-14)9-15-2/h4-9H,3,14H2,1-2H3. The van der Waals surface area contributed by atoms with E-state index in [2.05, 4.69) is 4.99 Å². The van der Waals surface area contributed by atoms with E-state index in [0.29, 0.717) is 12.2 Å². The van der Waals surface area contributed by atoms with Crippen molar-refractivity contribution in [1.82, 2.24) is 0 Å². The molecule has 0 aliphatic rings. The van der Waals surface area contributed by atoms with E-state index in [1.54, 1.807) is 32.3 Å². The molecular formula is C13H16N2O2. The fraction of sp³-hybridized carbons (Fsp3) is 0.231. The third kappa shape index (κ3) is 3.45. The predicted octanol–water partition coefficient (Wildman–Crippen LogP) is 1.86. The minimum absolute atomic E-state index is 0.318. The molecular weight excluding hydrogens is 216 g/mol. The summed E-state index contributed by atoms with van der Waals surface area (Å²) in [4.78, 5) is 15.3. The molecule has 4 heteroatoms. The lowest BCUT2D eigenvalue weighted by Gasteiger charge is -2.04.